The zero-order chi connectivity index (χ0) is 9.52. The highest BCUT2D eigenvalue weighted by Crippen LogP contribution is 2.12. The van der Waals surface area contributed by atoms with Crippen molar-refractivity contribution in [3.05, 3.63) is 54.1 Å². The Labute approximate surface area is 79.0 Å². The molecule has 68 valence electrons. The highest BCUT2D eigenvalue weighted by molar-refractivity contribution is 5.29. The molecule has 0 unspecified atom stereocenters. The van der Waals surface area contributed by atoms with Crippen LogP contribution < -0.4 is 0 Å². The molecule has 0 atom stereocenters. The first-order chi connectivity index (χ1) is 6.30. The molecule has 0 aliphatic heterocycles. The highest BCUT2D eigenvalue weighted by atomic mass is 16.3. The SMILES string of the molecule is C1=CCC=C1.Cc1ccccc1O. The molecule has 1 aromatic rings. The lowest BCUT2D eigenvalue weighted by Gasteiger charge is -1.92. The van der Waals surface area contributed by atoms with Crippen LogP contribution >= 0.6 is 0 Å². The molecular weight excluding hydrogens is 160 g/mol. The second-order valence-corrected chi connectivity index (χ2v) is 2.88. The van der Waals surface area contributed by atoms with Crippen LogP contribution in [0.3, 0.4) is 0 Å². The van der Waals surface area contributed by atoms with Crippen molar-refractivity contribution in [1.29, 1.82) is 0 Å². The number of phenolic OH excluding ortho intramolecular Hbond substituents is 1. The smallest absolute Gasteiger partial charge is 0.118 e. The molecule has 0 amide bonds. The van der Waals surface area contributed by atoms with Crippen molar-refractivity contribution in [1.82, 2.24) is 0 Å². The Morgan fingerprint density at radius 1 is 1.08 bits per heavy atom. The summed E-state index contributed by atoms with van der Waals surface area (Å²) in [5.41, 5.74) is 0.924. The lowest BCUT2D eigenvalue weighted by molar-refractivity contribution is 0.471. The van der Waals surface area contributed by atoms with Crippen LogP contribution in [0.1, 0.15) is 12.0 Å². The van der Waals surface area contributed by atoms with Crippen LogP contribution in [0.2, 0.25) is 0 Å². The maximum Gasteiger partial charge on any atom is 0.118 e. The summed E-state index contributed by atoms with van der Waals surface area (Å²) < 4.78 is 0. The Balaban J connectivity index is 0.000000145. The van der Waals surface area contributed by atoms with Gasteiger partial charge in [-0.05, 0) is 25.0 Å². The Morgan fingerprint density at radius 2 is 1.69 bits per heavy atom. The van der Waals surface area contributed by atoms with Crippen LogP contribution in [0.25, 0.3) is 0 Å². The van der Waals surface area contributed by atoms with E-state index < -0.39 is 0 Å². The molecule has 1 aliphatic carbocycles. The molecular formula is C12H14O. The lowest BCUT2D eigenvalue weighted by Crippen LogP contribution is -1.68. The molecule has 0 aromatic heterocycles. The third kappa shape index (κ3) is 3.61. The second kappa shape index (κ2) is 5.20. The molecule has 1 nitrogen and oxygen atoms in total. The lowest BCUT2D eigenvalue weighted by atomic mass is 10.2. The molecule has 0 saturated heterocycles. The number of phenols is 1. The van der Waals surface area contributed by atoms with E-state index in [1.54, 1.807) is 6.07 Å². The van der Waals surface area contributed by atoms with E-state index in [1.807, 2.05) is 25.1 Å². The fraction of sp³-hybridized carbons (Fsp3) is 0.167. The van der Waals surface area contributed by atoms with E-state index in [0.717, 1.165) is 12.0 Å². The number of hydrogen-bond acceptors (Lipinski definition) is 1. The van der Waals surface area contributed by atoms with Gasteiger partial charge in [0.25, 0.3) is 0 Å². The van der Waals surface area contributed by atoms with Gasteiger partial charge in [-0.25, -0.2) is 0 Å². The summed E-state index contributed by atoms with van der Waals surface area (Å²) in [5, 5.41) is 8.92. The number of allylic oxidation sites excluding steroid dienone is 4. The number of para-hydroxylation sites is 1. The standard InChI is InChI=1S/C7H8O.C5H6/c1-6-4-2-3-5-7(6)8;1-2-4-5-3-1/h2-5,8H,1H3;1-4H,5H2. The maximum atomic E-state index is 8.92. The van der Waals surface area contributed by atoms with Crippen LogP contribution in [-0.4, -0.2) is 5.11 Å². The Hall–Kier alpha value is -1.50. The van der Waals surface area contributed by atoms with Crippen LogP contribution in [0.4, 0.5) is 0 Å². The molecule has 0 fully saturated rings. The number of hydrogen-bond donors (Lipinski definition) is 1. The van der Waals surface area contributed by atoms with Crippen LogP contribution in [0, 0.1) is 6.92 Å². The Kier molecular flexibility index (Phi) is 3.83. The van der Waals surface area contributed by atoms with E-state index in [0.29, 0.717) is 5.75 Å². The van der Waals surface area contributed by atoms with Crippen molar-refractivity contribution >= 4 is 0 Å². The first-order valence-corrected chi connectivity index (χ1v) is 4.37. The third-order valence-corrected chi connectivity index (χ3v) is 1.77. The van der Waals surface area contributed by atoms with Gasteiger partial charge in [0, 0.05) is 0 Å². The van der Waals surface area contributed by atoms with Gasteiger partial charge in [-0.3, -0.25) is 0 Å². The van der Waals surface area contributed by atoms with Gasteiger partial charge in [0.2, 0.25) is 0 Å². The molecule has 0 saturated carbocycles. The van der Waals surface area contributed by atoms with Gasteiger partial charge in [0.15, 0.2) is 0 Å². The summed E-state index contributed by atoms with van der Waals surface area (Å²) in [6, 6.07) is 7.25. The van der Waals surface area contributed by atoms with E-state index in [-0.39, 0.29) is 0 Å². The third-order valence-electron chi connectivity index (χ3n) is 1.77. The highest BCUT2D eigenvalue weighted by Gasteiger charge is 1.86. The summed E-state index contributed by atoms with van der Waals surface area (Å²) in [5.74, 6) is 0.368. The first kappa shape index (κ1) is 9.59. The van der Waals surface area contributed by atoms with Crippen molar-refractivity contribution in [2.75, 3.05) is 0 Å². The fourth-order valence-corrected chi connectivity index (χ4v) is 0.956. The topological polar surface area (TPSA) is 20.2 Å². The minimum Gasteiger partial charge on any atom is -0.508 e. The summed E-state index contributed by atoms with van der Waals surface area (Å²) >= 11 is 0. The molecule has 1 N–H and O–H groups in total. The number of aromatic hydroxyl groups is 1. The molecule has 0 heterocycles. The second-order valence-electron chi connectivity index (χ2n) is 2.88. The van der Waals surface area contributed by atoms with Crippen LogP contribution in [0.5, 0.6) is 5.75 Å². The normalized spacial score (nSPS) is 12.4. The summed E-state index contributed by atoms with van der Waals surface area (Å²) in [4.78, 5) is 0. The van der Waals surface area contributed by atoms with Crippen molar-refractivity contribution in [2.24, 2.45) is 0 Å². The van der Waals surface area contributed by atoms with Gasteiger partial charge in [-0.15, -0.1) is 0 Å². The van der Waals surface area contributed by atoms with Crippen molar-refractivity contribution in [3.8, 4) is 5.75 Å². The largest absolute Gasteiger partial charge is 0.508 e. The molecule has 1 heteroatoms. The quantitative estimate of drug-likeness (QED) is 0.640. The first-order valence-electron chi connectivity index (χ1n) is 4.37. The van der Waals surface area contributed by atoms with Gasteiger partial charge in [0.1, 0.15) is 5.75 Å². The average Bonchev–Trinajstić information content (AvgIpc) is 2.68. The monoisotopic (exact) mass is 174 g/mol. The predicted octanol–water partition coefficient (Wildman–Crippen LogP) is 3.20. The van der Waals surface area contributed by atoms with Gasteiger partial charge in [0.05, 0.1) is 0 Å². The van der Waals surface area contributed by atoms with E-state index in [4.69, 9.17) is 5.11 Å². The van der Waals surface area contributed by atoms with Gasteiger partial charge >= 0.3 is 0 Å². The number of benzene rings is 1. The Morgan fingerprint density at radius 3 is 2.00 bits per heavy atom. The Bertz CT molecular complexity index is 280. The van der Waals surface area contributed by atoms with Gasteiger partial charge in [-0.1, -0.05) is 42.5 Å². The minimum atomic E-state index is 0.368. The van der Waals surface area contributed by atoms with Gasteiger partial charge < -0.3 is 5.11 Å². The number of aryl methyl sites for hydroxylation is 1. The summed E-state index contributed by atoms with van der Waals surface area (Å²) in [6.45, 7) is 1.87. The predicted molar refractivity (Wildman–Crippen MR) is 55.7 cm³/mol. The van der Waals surface area contributed by atoms with E-state index in [9.17, 15) is 0 Å². The number of rotatable bonds is 0. The molecule has 0 spiro atoms. The van der Waals surface area contributed by atoms with E-state index in [1.165, 1.54) is 0 Å². The van der Waals surface area contributed by atoms with Crippen LogP contribution in [0.15, 0.2) is 48.6 Å². The van der Waals surface area contributed by atoms with Crippen LogP contribution in [-0.2, 0) is 0 Å². The fourth-order valence-electron chi connectivity index (χ4n) is 0.956. The summed E-state index contributed by atoms with van der Waals surface area (Å²) in [7, 11) is 0. The zero-order valence-electron chi connectivity index (χ0n) is 7.77. The van der Waals surface area contributed by atoms with Crippen molar-refractivity contribution in [2.45, 2.75) is 13.3 Å². The molecule has 2 rings (SSSR count). The molecule has 1 aliphatic rings. The molecule has 13 heavy (non-hydrogen) atoms. The average molecular weight is 174 g/mol. The van der Waals surface area contributed by atoms with Crippen molar-refractivity contribution in [3.63, 3.8) is 0 Å². The minimum absolute atomic E-state index is 0.368. The van der Waals surface area contributed by atoms with E-state index in [2.05, 4.69) is 24.3 Å². The molecule has 0 radical (unpaired) electrons. The zero-order valence-corrected chi connectivity index (χ0v) is 7.77. The molecule has 0 bridgehead atoms. The molecule has 1 aromatic carbocycles. The van der Waals surface area contributed by atoms with Gasteiger partial charge in [-0.2, -0.15) is 0 Å². The van der Waals surface area contributed by atoms with Crippen molar-refractivity contribution < 1.29 is 5.11 Å². The summed E-state index contributed by atoms with van der Waals surface area (Å²) in [6.07, 6.45) is 9.50. The maximum absolute atomic E-state index is 8.92. The van der Waals surface area contributed by atoms with E-state index >= 15 is 0 Å².